The third-order valence-corrected chi connectivity index (χ3v) is 7.06. The molecule has 214 valence electrons. The van der Waals surface area contributed by atoms with Crippen LogP contribution in [0.3, 0.4) is 0 Å². The number of rotatable bonds is 12. The molecule has 39 heavy (non-hydrogen) atoms. The number of methoxy groups -OCH3 is 1. The summed E-state index contributed by atoms with van der Waals surface area (Å²) in [5.74, 6) is 1.01. The topological polar surface area (TPSA) is 94.6 Å². The molecule has 0 aromatic heterocycles. The molecule has 0 unspecified atom stereocenters. The van der Waals surface area contributed by atoms with E-state index in [1.807, 2.05) is 57.2 Å². The van der Waals surface area contributed by atoms with Gasteiger partial charge in [0.05, 0.1) is 25.3 Å². The second kappa shape index (κ2) is 14.3. The fourth-order valence-corrected chi connectivity index (χ4v) is 4.71. The Morgan fingerprint density at radius 2 is 1.92 bits per heavy atom. The first-order valence-corrected chi connectivity index (χ1v) is 13.6. The zero-order valence-electron chi connectivity index (χ0n) is 24.1. The van der Waals surface area contributed by atoms with Gasteiger partial charge in [-0.15, -0.1) is 0 Å². The van der Waals surface area contributed by atoms with E-state index in [9.17, 15) is 14.7 Å². The van der Waals surface area contributed by atoms with E-state index in [2.05, 4.69) is 17.1 Å². The number of carbonyl (C=O) groups is 2. The van der Waals surface area contributed by atoms with Crippen molar-refractivity contribution in [2.24, 2.45) is 5.92 Å². The molecule has 9 nitrogen and oxygen atoms in total. The van der Waals surface area contributed by atoms with E-state index in [0.717, 1.165) is 30.8 Å². The first-order valence-electron chi connectivity index (χ1n) is 13.6. The third-order valence-electron chi connectivity index (χ3n) is 7.06. The second-order valence-electron chi connectivity index (χ2n) is 10.8. The van der Waals surface area contributed by atoms with E-state index in [4.69, 9.17) is 9.47 Å². The molecule has 0 saturated carbocycles. The molecule has 1 heterocycles. The Bertz CT molecular complexity index is 1090. The molecule has 2 aromatic rings. The van der Waals surface area contributed by atoms with Gasteiger partial charge in [-0.25, -0.2) is 0 Å². The molecular weight excluding hydrogens is 496 g/mol. The molecule has 0 fully saturated rings. The average Bonchev–Trinajstić information content (AvgIpc) is 2.90. The zero-order chi connectivity index (χ0) is 28.5. The van der Waals surface area contributed by atoms with Crippen LogP contribution in [-0.4, -0.2) is 98.3 Å². The van der Waals surface area contributed by atoms with Crippen molar-refractivity contribution in [3.63, 3.8) is 0 Å². The van der Waals surface area contributed by atoms with Crippen LogP contribution in [0.25, 0.3) is 0 Å². The number of aliphatic hydroxyl groups is 1. The smallest absolute Gasteiger partial charge is 0.258 e. The van der Waals surface area contributed by atoms with Crippen molar-refractivity contribution in [3.05, 3.63) is 53.6 Å². The summed E-state index contributed by atoms with van der Waals surface area (Å²) in [5.41, 5.74) is 2.10. The fourth-order valence-electron chi connectivity index (χ4n) is 4.71. The van der Waals surface area contributed by atoms with E-state index < -0.39 is 0 Å². The molecule has 3 atom stereocenters. The minimum Gasteiger partial charge on any atom is -0.497 e. The van der Waals surface area contributed by atoms with Gasteiger partial charge in [-0.2, -0.15) is 0 Å². The minimum absolute atomic E-state index is 0.0190. The first kappa shape index (κ1) is 30.4. The number of anilines is 1. The normalized spacial score (nSPS) is 18.3. The van der Waals surface area contributed by atoms with E-state index in [1.54, 1.807) is 30.2 Å². The summed E-state index contributed by atoms with van der Waals surface area (Å²) in [6.07, 6.45) is 0.949. The van der Waals surface area contributed by atoms with Gasteiger partial charge in [-0.3, -0.25) is 14.5 Å². The molecule has 1 aliphatic heterocycles. The maximum Gasteiger partial charge on any atom is 0.258 e. The van der Waals surface area contributed by atoms with Crippen LogP contribution in [0.5, 0.6) is 11.5 Å². The maximum absolute atomic E-state index is 13.6. The average molecular weight is 541 g/mol. The van der Waals surface area contributed by atoms with E-state index in [1.165, 1.54) is 0 Å². The highest BCUT2D eigenvalue weighted by Crippen LogP contribution is 2.31. The summed E-state index contributed by atoms with van der Waals surface area (Å²) in [5, 5.41) is 12.8. The van der Waals surface area contributed by atoms with Crippen molar-refractivity contribution in [3.8, 4) is 11.5 Å². The quantitative estimate of drug-likeness (QED) is 0.427. The molecular formula is C30H44N4O5. The van der Waals surface area contributed by atoms with Gasteiger partial charge in [0.1, 0.15) is 17.6 Å². The van der Waals surface area contributed by atoms with Gasteiger partial charge in [-0.1, -0.05) is 19.1 Å². The van der Waals surface area contributed by atoms with Crippen LogP contribution in [0, 0.1) is 5.92 Å². The predicted octanol–water partition coefficient (Wildman–Crippen LogP) is 3.33. The summed E-state index contributed by atoms with van der Waals surface area (Å²) in [4.78, 5) is 32.1. The van der Waals surface area contributed by atoms with Crippen LogP contribution in [0.15, 0.2) is 42.5 Å². The molecule has 0 radical (unpaired) electrons. The van der Waals surface area contributed by atoms with E-state index in [0.29, 0.717) is 36.5 Å². The lowest BCUT2D eigenvalue weighted by Gasteiger charge is -2.38. The van der Waals surface area contributed by atoms with Crippen LogP contribution >= 0.6 is 0 Å². The Hall–Kier alpha value is -3.14. The Morgan fingerprint density at radius 3 is 2.56 bits per heavy atom. The number of amides is 2. The summed E-state index contributed by atoms with van der Waals surface area (Å²) < 4.78 is 11.8. The van der Waals surface area contributed by atoms with Crippen molar-refractivity contribution >= 4 is 17.5 Å². The SMILES string of the molecule is COc1ccc(CN(C)C[C@H]2Oc3ccc(NC(=O)CCCN(C)C)cc3C(=O)N([C@H](C)CO)C[C@H]2C)cc1. The molecule has 2 amide bonds. The number of hydrogen-bond donors (Lipinski definition) is 2. The van der Waals surface area contributed by atoms with E-state index >= 15 is 0 Å². The Kier molecular flexibility index (Phi) is 11.2. The van der Waals surface area contributed by atoms with Crippen molar-refractivity contribution in [2.45, 2.75) is 45.4 Å². The number of ether oxygens (including phenoxy) is 2. The highest BCUT2D eigenvalue weighted by Gasteiger charge is 2.33. The largest absolute Gasteiger partial charge is 0.497 e. The number of nitrogens with one attached hydrogen (secondary N) is 1. The zero-order valence-corrected chi connectivity index (χ0v) is 24.1. The first-order chi connectivity index (χ1) is 18.6. The van der Waals surface area contributed by atoms with Crippen molar-refractivity contribution in [1.82, 2.24) is 14.7 Å². The van der Waals surface area contributed by atoms with Gasteiger partial charge in [0.15, 0.2) is 0 Å². The van der Waals surface area contributed by atoms with E-state index in [-0.39, 0.29) is 36.5 Å². The van der Waals surface area contributed by atoms with Gasteiger partial charge < -0.3 is 29.7 Å². The van der Waals surface area contributed by atoms with Gasteiger partial charge in [0.25, 0.3) is 5.91 Å². The number of hydrogen-bond acceptors (Lipinski definition) is 7. The standard InChI is InChI=1S/C30H44N4O5/c1-21-17-34(22(2)20-35)30(37)26-16-24(31-29(36)8-7-15-32(3)4)11-14-27(26)39-28(21)19-33(5)18-23-9-12-25(38-6)13-10-23/h9-14,16,21-22,28,35H,7-8,15,17-20H2,1-6H3,(H,31,36)/t21-,22-,28-/m1/s1. The summed E-state index contributed by atoms with van der Waals surface area (Å²) in [6.45, 7) is 6.42. The lowest BCUT2D eigenvalue weighted by Crippen LogP contribution is -2.49. The van der Waals surface area contributed by atoms with Gasteiger partial charge in [0, 0.05) is 37.7 Å². The monoisotopic (exact) mass is 540 g/mol. The summed E-state index contributed by atoms with van der Waals surface area (Å²) >= 11 is 0. The summed E-state index contributed by atoms with van der Waals surface area (Å²) in [7, 11) is 7.65. The molecule has 0 saturated heterocycles. The van der Waals surface area contributed by atoms with Crippen LogP contribution in [0.4, 0.5) is 5.69 Å². The molecule has 0 spiro atoms. The number of carbonyl (C=O) groups excluding carboxylic acids is 2. The number of aliphatic hydroxyl groups excluding tert-OH is 1. The second-order valence-corrected chi connectivity index (χ2v) is 10.8. The molecule has 0 aliphatic carbocycles. The van der Waals surface area contributed by atoms with Crippen LogP contribution in [-0.2, 0) is 11.3 Å². The fraction of sp³-hybridized carbons (Fsp3) is 0.533. The van der Waals surface area contributed by atoms with Crippen LogP contribution in [0.2, 0.25) is 0 Å². The molecule has 9 heteroatoms. The Balaban J connectivity index is 1.80. The highest BCUT2D eigenvalue weighted by atomic mass is 16.5. The van der Waals surface area contributed by atoms with Gasteiger partial charge in [0.2, 0.25) is 5.91 Å². The molecule has 1 aliphatic rings. The Morgan fingerprint density at radius 1 is 1.21 bits per heavy atom. The highest BCUT2D eigenvalue weighted by molar-refractivity contribution is 5.99. The third kappa shape index (κ3) is 8.68. The van der Waals surface area contributed by atoms with Crippen molar-refractivity contribution < 1.29 is 24.2 Å². The minimum atomic E-state index is -0.354. The molecule has 3 rings (SSSR count). The number of fused-ring (bicyclic) bond motifs is 1. The van der Waals surface area contributed by atoms with Crippen molar-refractivity contribution in [2.75, 3.05) is 59.8 Å². The van der Waals surface area contributed by atoms with Crippen LogP contribution in [0.1, 0.15) is 42.6 Å². The van der Waals surface area contributed by atoms with Crippen LogP contribution < -0.4 is 14.8 Å². The maximum atomic E-state index is 13.6. The van der Waals surface area contributed by atoms with Gasteiger partial charge in [-0.05, 0) is 76.9 Å². The number of likely N-dealkylation sites (N-methyl/N-ethyl adjacent to an activating group) is 1. The molecule has 2 N–H and O–H groups in total. The van der Waals surface area contributed by atoms with Crippen molar-refractivity contribution in [1.29, 1.82) is 0 Å². The number of nitrogens with zero attached hydrogens (tertiary/aromatic N) is 3. The Labute approximate surface area is 232 Å². The number of benzene rings is 2. The summed E-state index contributed by atoms with van der Waals surface area (Å²) in [6, 6.07) is 12.9. The predicted molar refractivity (Wildman–Crippen MR) is 153 cm³/mol. The molecule has 2 aromatic carbocycles. The lowest BCUT2D eigenvalue weighted by molar-refractivity contribution is -0.116. The van der Waals surface area contributed by atoms with Gasteiger partial charge >= 0.3 is 0 Å². The lowest BCUT2D eigenvalue weighted by atomic mass is 9.99. The molecule has 0 bridgehead atoms.